The highest BCUT2D eigenvalue weighted by atomic mass is 16.3. The zero-order valence-corrected chi connectivity index (χ0v) is 12.7. The number of carbonyl (C=O) groups is 3. The van der Waals surface area contributed by atoms with E-state index in [4.69, 9.17) is 11.5 Å². The Balaban J connectivity index is 2.67. The number of Topliss-reactive ketones (excluding diaryl/α,β-unsaturated/α-hetero) is 1. The molecule has 1 saturated carbocycles. The van der Waals surface area contributed by atoms with Crippen molar-refractivity contribution in [1.82, 2.24) is 9.78 Å². The maximum absolute atomic E-state index is 12.3. The number of aliphatic hydroxyl groups is 1. The van der Waals surface area contributed by atoms with E-state index in [0.717, 1.165) is 0 Å². The minimum absolute atomic E-state index is 0.343. The number of hydrogen-bond acceptors (Lipinski definition) is 5. The molecule has 2 amide bonds. The van der Waals surface area contributed by atoms with Crippen molar-refractivity contribution < 1.29 is 19.5 Å². The van der Waals surface area contributed by atoms with Gasteiger partial charge in [-0.05, 0) is 19.4 Å². The Morgan fingerprint density at radius 1 is 1.41 bits per heavy atom. The van der Waals surface area contributed by atoms with Crippen LogP contribution in [0.15, 0.2) is 6.20 Å². The van der Waals surface area contributed by atoms with Crippen LogP contribution in [0.2, 0.25) is 0 Å². The summed E-state index contributed by atoms with van der Waals surface area (Å²) in [4.78, 5) is 36.0. The van der Waals surface area contributed by atoms with Crippen molar-refractivity contribution in [2.24, 2.45) is 30.4 Å². The van der Waals surface area contributed by atoms with Gasteiger partial charge in [0.15, 0.2) is 0 Å². The Labute approximate surface area is 127 Å². The van der Waals surface area contributed by atoms with Crippen molar-refractivity contribution in [2.45, 2.75) is 31.8 Å². The van der Waals surface area contributed by atoms with Gasteiger partial charge in [0.05, 0.1) is 17.2 Å². The van der Waals surface area contributed by atoms with Gasteiger partial charge in [0, 0.05) is 25.6 Å². The fourth-order valence-electron chi connectivity index (χ4n) is 3.48. The van der Waals surface area contributed by atoms with E-state index in [1.807, 2.05) is 0 Å². The average molecular weight is 308 g/mol. The van der Waals surface area contributed by atoms with Crippen LogP contribution in [-0.2, 0) is 21.4 Å². The van der Waals surface area contributed by atoms with Crippen LogP contribution in [0.4, 0.5) is 0 Å². The summed E-state index contributed by atoms with van der Waals surface area (Å²) < 4.78 is 1.51. The van der Waals surface area contributed by atoms with Gasteiger partial charge >= 0.3 is 0 Å². The molecule has 120 valence electrons. The zero-order valence-electron chi connectivity index (χ0n) is 12.7. The quantitative estimate of drug-likeness (QED) is 0.597. The molecule has 0 aromatic carbocycles. The fraction of sp³-hybridized carbons (Fsp3) is 0.571. The van der Waals surface area contributed by atoms with E-state index in [-0.39, 0.29) is 6.42 Å². The first-order valence-electron chi connectivity index (χ1n) is 6.90. The molecule has 0 radical (unpaired) electrons. The summed E-state index contributed by atoms with van der Waals surface area (Å²) in [6.45, 7) is 3.06. The van der Waals surface area contributed by atoms with Crippen LogP contribution < -0.4 is 11.5 Å². The molecule has 0 saturated heterocycles. The molecule has 2 rings (SSSR count). The predicted octanol–water partition coefficient (Wildman–Crippen LogP) is -1.26. The van der Waals surface area contributed by atoms with Gasteiger partial charge in [-0.15, -0.1) is 0 Å². The molecule has 4 atom stereocenters. The SMILES string of the molecule is Cc1nn(C)cc1[C@@H]1[C@H](C(N)=O)C(=O)C[C@](C)(O)[C@@H]1C(N)=O. The molecule has 1 aliphatic rings. The molecule has 1 fully saturated rings. The van der Waals surface area contributed by atoms with Gasteiger partial charge < -0.3 is 16.6 Å². The first kappa shape index (κ1) is 16.2. The van der Waals surface area contributed by atoms with Crippen LogP contribution in [0, 0.1) is 18.8 Å². The molecule has 1 aliphatic carbocycles. The van der Waals surface area contributed by atoms with Crippen molar-refractivity contribution in [3.8, 4) is 0 Å². The number of amides is 2. The molecule has 1 aromatic rings. The Bertz CT molecular complexity index is 649. The fourth-order valence-corrected chi connectivity index (χ4v) is 3.48. The zero-order chi connectivity index (χ0) is 16.8. The van der Waals surface area contributed by atoms with E-state index in [0.29, 0.717) is 11.3 Å². The highest BCUT2D eigenvalue weighted by molar-refractivity contribution is 6.04. The molecule has 1 heterocycles. The normalized spacial score (nSPS) is 32.0. The largest absolute Gasteiger partial charge is 0.389 e. The van der Waals surface area contributed by atoms with Gasteiger partial charge in [0.1, 0.15) is 11.7 Å². The van der Waals surface area contributed by atoms with Gasteiger partial charge in [-0.2, -0.15) is 5.10 Å². The third kappa shape index (κ3) is 2.50. The van der Waals surface area contributed by atoms with Crippen molar-refractivity contribution in [3.63, 3.8) is 0 Å². The summed E-state index contributed by atoms with van der Waals surface area (Å²) in [6, 6.07) is 0. The van der Waals surface area contributed by atoms with Crippen LogP contribution in [0.1, 0.15) is 30.5 Å². The number of nitrogens with two attached hydrogens (primary N) is 2. The first-order valence-corrected chi connectivity index (χ1v) is 6.90. The lowest BCUT2D eigenvalue weighted by molar-refractivity contribution is -0.152. The number of ketones is 1. The number of primary amides is 2. The van der Waals surface area contributed by atoms with Gasteiger partial charge in [-0.25, -0.2) is 0 Å². The van der Waals surface area contributed by atoms with Crippen molar-refractivity contribution >= 4 is 17.6 Å². The smallest absolute Gasteiger partial charge is 0.228 e. The maximum atomic E-state index is 12.3. The van der Waals surface area contributed by atoms with Crippen LogP contribution in [0.25, 0.3) is 0 Å². The highest BCUT2D eigenvalue weighted by Gasteiger charge is 2.55. The second-order valence-electron chi connectivity index (χ2n) is 6.13. The van der Waals surface area contributed by atoms with Gasteiger partial charge in [-0.1, -0.05) is 0 Å². The lowest BCUT2D eigenvalue weighted by Crippen LogP contribution is -2.57. The molecule has 8 heteroatoms. The second kappa shape index (κ2) is 5.20. The van der Waals surface area contributed by atoms with Crippen LogP contribution in [-0.4, -0.2) is 38.1 Å². The summed E-state index contributed by atoms with van der Waals surface area (Å²) in [7, 11) is 1.68. The lowest BCUT2D eigenvalue weighted by atomic mass is 9.61. The van der Waals surface area contributed by atoms with Crippen LogP contribution in [0.3, 0.4) is 0 Å². The number of hydrogen-bond donors (Lipinski definition) is 3. The molecule has 0 spiro atoms. The molecule has 5 N–H and O–H groups in total. The molecule has 1 aromatic heterocycles. The van der Waals surface area contributed by atoms with Crippen LogP contribution in [0.5, 0.6) is 0 Å². The highest BCUT2D eigenvalue weighted by Crippen LogP contribution is 2.46. The average Bonchev–Trinajstić information content (AvgIpc) is 2.64. The summed E-state index contributed by atoms with van der Waals surface area (Å²) >= 11 is 0. The lowest BCUT2D eigenvalue weighted by Gasteiger charge is -2.43. The molecule has 0 aliphatic heterocycles. The van der Waals surface area contributed by atoms with E-state index in [1.54, 1.807) is 20.2 Å². The number of aryl methyl sites for hydroxylation is 2. The third-order valence-electron chi connectivity index (χ3n) is 4.29. The molecular weight excluding hydrogens is 288 g/mol. The number of nitrogens with zero attached hydrogens (tertiary/aromatic N) is 2. The van der Waals surface area contributed by atoms with Crippen molar-refractivity contribution in [2.75, 3.05) is 0 Å². The molecular formula is C14H20N4O4. The van der Waals surface area contributed by atoms with Gasteiger partial charge in [-0.3, -0.25) is 19.1 Å². The van der Waals surface area contributed by atoms with E-state index in [2.05, 4.69) is 5.10 Å². The van der Waals surface area contributed by atoms with E-state index >= 15 is 0 Å². The van der Waals surface area contributed by atoms with E-state index in [1.165, 1.54) is 11.6 Å². The minimum atomic E-state index is -1.64. The van der Waals surface area contributed by atoms with Crippen molar-refractivity contribution in [3.05, 3.63) is 17.5 Å². The maximum Gasteiger partial charge on any atom is 0.228 e. The van der Waals surface area contributed by atoms with E-state index in [9.17, 15) is 19.5 Å². The summed E-state index contributed by atoms with van der Waals surface area (Å²) in [5.74, 6) is -5.34. The first-order chi connectivity index (χ1) is 10.1. The van der Waals surface area contributed by atoms with Gasteiger partial charge in [0.2, 0.25) is 11.8 Å². The topological polar surface area (TPSA) is 141 Å². The second-order valence-corrected chi connectivity index (χ2v) is 6.13. The summed E-state index contributed by atoms with van der Waals surface area (Å²) in [6.07, 6.45) is 1.27. The van der Waals surface area contributed by atoms with Crippen LogP contribution >= 0.6 is 0 Å². The number of rotatable bonds is 3. The Morgan fingerprint density at radius 3 is 2.41 bits per heavy atom. The summed E-state index contributed by atoms with van der Waals surface area (Å²) in [5.41, 5.74) is 10.2. The Morgan fingerprint density at radius 2 is 2.00 bits per heavy atom. The van der Waals surface area contributed by atoms with Crippen molar-refractivity contribution in [1.29, 1.82) is 0 Å². The molecule has 0 unspecified atom stereocenters. The van der Waals surface area contributed by atoms with E-state index < -0.39 is 41.0 Å². The van der Waals surface area contributed by atoms with Gasteiger partial charge in [0.25, 0.3) is 0 Å². The molecule has 8 nitrogen and oxygen atoms in total. The monoisotopic (exact) mass is 308 g/mol. The molecule has 22 heavy (non-hydrogen) atoms. The minimum Gasteiger partial charge on any atom is -0.389 e. The standard InChI is InChI=1S/C14H20N4O4/c1-6-7(5-18(3)17-6)9-10(12(15)20)8(19)4-14(2,22)11(9)13(16)21/h5,9-11,22H,4H2,1-3H3,(H2,15,20)(H2,16,21)/t9-,10-,11+,14+/m1/s1. The molecule has 0 bridgehead atoms. The number of carbonyl (C=O) groups excluding carboxylic acids is 3. The Hall–Kier alpha value is -2.22. The predicted molar refractivity (Wildman–Crippen MR) is 76.3 cm³/mol. The number of aromatic nitrogens is 2. The Kier molecular flexibility index (Phi) is 3.82. The third-order valence-corrected chi connectivity index (χ3v) is 4.29. The summed E-state index contributed by atoms with van der Waals surface area (Å²) in [5, 5.41) is 14.7.